The lowest BCUT2D eigenvalue weighted by Gasteiger charge is -2.29. The molecule has 0 bridgehead atoms. The van der Waals surface area contributed by atoms with Gasteiger partial charge in [0.25, 0.3) is 5.91 Å². The summed E-state index contributed by atoms with van der Waals surface area (Å²) in [6.45, 7) is 4.39. The summed E-state index contributed by atoms with van der Waals surface area (Å²) in [5, 5.41) is 2.42. The largest absolute Gasteiger partial charge is 0.379 e. The number of aromatic nitrogens is 1. The fourth-order valence-corrected chi connectivity index (χ4v) is 4.58. The fraction of sp³-hybridized carbons (Fsp3) is 0.333. The first-order chi connectivity index (χ1) is 12.7. The normalized spacial score (nSPS) is 14.9. The second-order valence-electron chi connectivity index (χ2n) is 5.97. The number of fused-ring (bicyclic) bond motifs is 1. The number of hydrogen-bond acceptors (Lipinski definition) is 6. The van der Waals surface area contributed by atoms with Crippen LogP contribution in [-0.2, 0) is 4.74 Å². The molecule has 3 aromatic rings. The van der Waals surface area contributed by atoms with E-state index in [1.54, 1.807) is 11.0 Å². The lowest BCUT2D eigenvalue weighted by Crippen LogP contribution is -2.43. The minimum atomic E-state index is -0.360. The highest BCUT2D eigenvalue weighted by Crippen LogP contribution is 2.31. The van der Waals surface area contributed by atoms with E-state index in [4.69, 9.17) is 4.74 Å². The summed E-state index contributed by atoms with van der Waals surface area (Å²) in [6, 6.07) is 8.55. The van der Waals surface area contributed by atoms with E-state index in [0.717, 1.165) is 24.3 Å². The van der Waals surface area contributed by atoms with Gasteiger partial charge in [-0.25, -0.2) is 9.37 Å². The van der Waals surface area contributed by atoms with Crippen molar-refractivity contribution in [3.63, 3.8) is 0 Å². The van der Waals surface area contributed by atoms with Gasteiger partial charge in [-0.3, -0.25) is 14.6 Å². The third kappa shape index (κ3) is 4.47. The minimum Gasteiger partial charge on any atom is -0.379 e. The van der Waals surface area contributed by atoms with Crippen molar-refractivity contribution in [2.45, 2.75) is 0 Å². The zero-order chi connectivity index (χ0) is 17.9. The number of benzene rings is 1. The van der Waals surface area contributed by atoms with Gasteiger partial charge in [0.2, 0.25) is 0 Å². The number of morpholine rings is 1. The van der Waals surface area contributed by atoms with Gasteiger partial charge < -0.3 is 4.74 Å². The van der Waals surface area contributed by atoms with Crippen LogP contribution in [0.4, 0.5) is 9.52 Å². The fourth-order valence-electron chi connectivity index (χ4n) is 2.90. The summed E-state index contributed by atoms with van der Waals surface area (Å²) >= 11 is 2.75. The minimum absolute atomic E-state index is 0. The van der Waals surface area contributed by atoms with Crippen LogP contribution in [0.1, 0.15) is 9.67 Å². The van der Waals surface area contributed by atoms with Crippen molar-refractivity contribution < 1.29 is 13.9 Å². The highest BCUT2D eigenvalue weighted by atomic mass is 35.5. The predicted octanol–water partition coefficient (Wildman–Crippen LogP) is 3.90. The number of thiazole rings is 1. The van der Waals surface area contributed by atoms with Crippen molar-refractivity contribution in [1.29, 1.82) is 0 Å². The molecule has 1 amide bonds. The van der Waals surface area contributed by atoms with E-state index in [-0.39, 0.29) is 24.1 Å². The monoisotopic (exact) mass is 427 g/mol. The third-order valence-electron chi connectivity index (χ3n) is 4.31. The third-order valence-corrected chi connectivity index (χ3v) is 6.21. The molecule has 2 aromatic heterocycles. The Morgan fingerprint density at radius 3 is 2.78 bits per heavy atom. The number of ether oxygens (including phenoxy) is 1. The van der Waals surface area contributed by atoms with Crippen LogP contribution >= 0.6 is 35.1 Å². The van der Waals surface area contributed by atoms with Crippen LogP contribution in [-0.4, -0.2) is 55.2 Å². The van der Waals surface area contributed by atoms with Crippen LogP contribution in [0.2, 0.25) is 0 Å². The Morgan fingerprint density at radius 1 is 1.26 bits per heavy atom. The molecule has 4 rings (SSSR count). The van der Waals surface area contributed by atoms with Crippen LogP contribution in [0.5, 0.6) is 0 Å². The van der Waals surface area contributed by atoms with E-state index in [2.05, 4.69) is 9.88 Å². The molecule has 0 radical (unpaired) electrons. The standard InChI is InChI=1S/C18H18FN3O2S2.ClH/c19-13-3-1-4-14-16(13)20-18(26-14)22(17(23)15-5-2-12-25-15)7-6-21-8-10-24-11-9-21;/h1-5,12H,6-11H2;1H. The average Bonchev–Trinajstić information content (AvgIpc) is 3.33. The van der Waals surface area contributed by atoms with Crippen LogP contribution in [0.25, 0.3) is 10.2 Å². The Morgan fingerprint density at radius 2 is 2.07 bits per heavy atom. The van der Waals surface area contributed by atoms with Crippen molar-refractivity contribution in [2.24, 2.45) is 0 Å². The second-order valence-corrected chi connectivity index (χ2v) is 7.93. The zero-order valence-corrected chi connectivity index (χ0v) is 16.9. The molecule has 1 aliphatic rings. The Hall–Kier alpha value is -1.58. The van der Waals surface area contributed by atoms with E-state index >= 15 is 0 Å². The SMILES string of the molecule is Cl.O=C(c1cccs1)N(CCN1CCOCC1)c1nc2c(F)cccc2s1. The van der Waals surface area contributed by atoms with E-state index in [1.165, 1.54) is 28.7 Å². The van der Waals surface area contributed by atoms with Gasteiger partial charge >= 0.3 is 0 Å². The zero-order valence-electron chi connectivity index (χ0n) is 14.5. The molecule has 144 valence electrons. The van der Waals surface area contributed by atoms with E-state index in [1.807, 2.05) is 23.6 Å². The smallest absolute Gasteiger partial charge is 0.270 e. The van der Waals surface area contributed by atoms with Crippen molar-refractivity contribution in [2.75, 3.05) is 44.3 Å². The van der Waals surface area contributed by atoms with Gasteiger partial charge in [-0.1, -0.05) is 23.5 Å². The summed E-state index contributed by atoms with van der Waals surface area (Å²) in [6.07, 6.45) is 0. The number of carbonyl (C=O) groups is 1. The van der Waals surface area contributed by atoms with Crippen molar-refractivity contribution in [3.05, 3.63) is 46.4 Å². The van der Waals surface area contributed by atoms with Gasteiger partial charge in [0.15, 0.2) is 5.13 Å². The number of halogens is 2. The van der Waals surface area contributed by atoms with Crippen molar-refractivity contribution in [1.82, 2.24) is 9.88 Å². The molecule has 0 spiro atoms. The topological polar surface area (TPSA) is 45.7 Å². The lowest BCUT2D eigenvalue weighted by atomic mass is 10.3. The predicted molar refractivity (Wildman–Crippen MR) is 110 cm³/mol. The molecule has 0 N–H and O–H groups in total. The Labute approximate surface area is 170 Å². The number of hydrogen-bond donors (Lipinski definition) is 0. The molecular formula is C18H19ClFN3O2S2. The molecule has 0 atom stereocenters. The van der Waals surface area contributed by atoms with Crippen LogP contribution in [0, 0.1) is 5.82 Å². The lowest BCUT2D eigenvalue weighted by molar-refractivity contribution is 0.0391. The number of rotatable bonds is 5. The number of thiophene rings is 1. The summed E-state index contributed by atoms with van der Waals surface area (Å²) in [4.78, 5) is 22.0. The number of amides is 1. The molecule has 1 aliphatic heterocycles. The molecule has 1 saturated heterocycles. The first kappa shape index (κ1) is 20.2. The molecule has 9 heteroatoms. The summed E-state index contributed by atoms with van der Waals surface area (Å²) in [5.41, 5.74) is 0.322. The average molecular weight is 428 g/mol. The molecular weight excluding hydrogens is 409 g/mol. The molecule has 1 fully saturated rings. The van der Waals surface area contributed by atoms with Crippen molar-refractivity contribution in [3.8, 4) is 0 Å². The van der Waals surface area contributed by atoms with E-state index in [9.17, 15) is 9.18 Å². The summed E-state index contributed by atoms with van der Waals surface area (Å²) < 4.78 is 20.2. The molecule has 1 aromatic carbocycles. The molecule has 5 nitrogen and oxygen atoms in total. The first-order valence-electron chi connectivity index (χ1n) is 8.43. The maximum Gasteiger partial charge on any atom is 0.270 e. The first-order valence-corrected chi connectivity index (χ1v) is 10.1. The molecule has 27 heavy (non-hydrogen) atoms. The van der Waals surface area contributed by atoms with E-state index in [0.29, 0.717) is 35.3 Å². The van der Waals surface area contributed by atoms with Crippen LogP contribution in [0.3, 0.4) is 0 Å². The number of para-hydroxylation sites is 1. The van der Waals surface area contributed by atoms with Gasteiger partial charge in [-0.15, -0.1) is 23.7 Å². The van der Waals surface area contributed by atoms with Crippen LogP contribution < -0.4 is 4.90 Å². The molecule has 0 unspecified atom stereocenters. The summed E-state index contributed by atoms with van der Waals surface area (Å²) in [5.74, 6) is -0.450. The molecule has 3 heterocycles. The van der Waals surface area contributed by atoms with Gasteiger partial charge in [0.05, 0.1) is 22.8 Å². The Balaban J connectivity index is 0.00000210. The number of nitrogens with zero attached hydrogens (tertiary/aromatic N) is 3. The molecule has 0 aliphatic carbocycles. The van der Waals surface area contributed by atoms with Gasteiger partial charge in [-0.2, -0.15) is 0 Å². The highest BCUT2D eigenvalue weighted by molar-refractivity contribution is 7.22. The van der Waals surface area contributed by atoms with E-state index < -0.39 is 0 Å². The maximum absolute atomic E-state index is 14.0. The summed E-state index contributed by atoms with van der Waals surface area (Å²) in [7, 11) is 0. The quantitative estimate of drug-likeness (QED) is 0.619. The maximum atomic E-state index is 14.0. The Bertz CT molecular complexity index is 897. The van der Waals surface area contributed by atoms with Crippen molar-refractivity contribution >= 4 is 56.3 Å². The van der Waals surface area contributed by atoms with Gasteiger partial charge in [0.1, 0.15) is 11.3 Å². The second kappa shape index (κ2) is 9.07. The van der Waals surface area contributed by atoms with Gasteiger partial charge in [0, 0.05) is 26.2 Å². The van der Waals surface area contributed by atoms with Gasteiger partial charge in [-0.05, 0) is 23.6 Å². The number of anilines is 1. The molecule has 0 saturated carbocycles. The highest BCUT2D eigenvalue weighted by Gasteiger charge is 2.24. The number of carbonyl (C=O) groups excluding carboxylic acids is 1. The van der Waals surface area contributed by atoms with Crippen LogP contribution in [0.15, 0.2) is 35.7 Å². The Kier molecular flexibility index (Phi) is 6.78.